The Hall–Kier alpha value is -2.89. The van der Waals surface area contributed by atoms with Crippen molar-refractivity contribution in [3.05, 3.63) is 63.3 Å². The summed E-state index contributed by atoms with van der Waals surface area (Å²) >= 11 is 0. The number of benzene rings is 1. The zero-order valence-corrected chi connectivity index (χ0v) is 16.3. The van der Waals surface area contributed by atoms with Gasteiger partial charge in [0.25, 0.3) is 0 Å². The zero-order valence-electron chi connectivity index (χ0n) is 16.3. The molecule has 1 atom stereocenters. The van der Waals surface area contributed by atoms with Gasteiger partial charge >= 0.3 is 0 Å². The lowest BCUT2D eigenvalue weighted by atomic mass is 10.1. The highest BCUT2D eigenvalue weighted by Crippen LogP contribution is 2.22. The molecule has 0 saturated heterocycles. The lowest BCUT2D eigenvalue weighted by molar-refractivity contribution is -0.124. The standard InChI is InChI=1S/C21H26N4O2/c1-5-8-19-24-16-9-6-7-10-18(16)25(19)15(4)21(27)23-12-17-14(3)20(26)13(2)11-22-17/h6-7,9-11,15H,5,8,12H2,1-4H3,(H,22,26)(H,23,27). The van der Waals surface area contributed by atoms with Gasteiger partial charge in [0.15, 0.2) is 5.43 Å². The van der Waals surface area contributed by atoms with E-state index in [0.717, 1.165) is 35.4 Å². The second-order valence-corrected chi connectivity index (χ2v) is 6.93. The van der Waals surface area contributed by atoms with E-state index in [1.54, 1.807) is 20.0 Å². The summed E-state index contributed by atoms with van der Waals surface area (Å²) in [6, 6.07) is 7.48. The van der Waals surface area contributed by atoms with E-state index >= 15 is 0 Å². The number of nitrogens with zero attached hydrogens (tertiary/aromatic N) is 2. The molecule has 0 aliphatic heterocycles. The highest BCUT2D eigenvalue weighted by molar-refractivity contribution is 5.84. The van der Waals surface area contributed by atoms with Gasteiger partial charge in [-0.1, -0.05) is 19.1 Å². The number of rotatable bonds is 6. The van der Waals surface area contributed by atoms with Crippen molar-refractivity contribution in [1.29, 1.82) is 0 Å². The van der Waals surface area contributed by atoms with Gasteiger partial charge in [-0.2, -0.15) is 0 Å². The first-order valence-electron chi connectivity index (χ1n) is 9.35. The lowest BCUT2D eigenvalue weighted by Gasteiger charge is -2.18. The summed E-state index contributed by atoms with van der Waals surface area (Å²) in [7, 11) is 0. The van der Waals surface area contributed by atoms with Gasteiger partial charge in [-0.25, -0.2) is 4.98 Å². The quantitative estimate of drug-likeness (QED) is 0.703. The summed E-state index contributed by atoms with van der Waals surface area (Å²) in [5, 5.41) is 2.95. The second-order valence-electron chi connectivity index (χ2n) is 6.93. The number of hydrogen-bond donors (Lipinski definition) is 2. The molecule has 0 aliphatic rings. The molecule has 0 aliphatic carbocycles. The molecule has 2 heterocycles. The maximum Gasteiger partial charge on any atom is 0.243 e. The van der Waals surface area contributed by atoms with Crippen LogP contribution in [0.1, 0.15) is 49.0 Å². The van der Waals surface area contributed by atoms with Crippen LogP contribution in [0.3, 0.4) is 0 Å². The fourth-order valence-corrected chi connectivity index (χ4v) is 3.35. The fourth-order valence-electron chi connectivity index (χ4n) is 3.35. The highest BCUT2D eigenvalue weighted by atomic mass is 16.2. The number of imidazole rings is 1. The molecule has 2 aromatic heterocycles. The Kier molecular flexibility index (Phi) is 5.44. The minimum atomic E-state index is -0.392. The van der Waals surface area contributed by atoms with Crippen LogP contribution in [0, 0.1) is 13.8 Å². The number of nitrogens with one attached hydrogen (secondary N) is 2. The average molecular weight is 366 g/mol. The normalized spacial score (nSPS) is 12.3. The number of carbonyl (C=O) groups excluding carboxylic acids is 1. The number of fused-ring (bicyclic) bond motifs is 1. The lowest BCUT2D eigenvalue weighted by Crippen LogP contribution is -2.32. The van der Waals surface area contributed by atoms with Crippen LogP contribution in [0.15, 0.2) is 35.3 Å². The molecule has 1 aromatic carbocycles. The number of amides is 1. The van der Waals surface area contributed by atoms with Crippen molar-refractivity contribution < 1.29 is 4.79 Å². The van der Waals surface area contributed by atoms with E-state index in [0.29, 0.717) is 17.7 Å². The molecule has 2 N–H and O–H groups in total. The van der Waals surface area contributed by atoms with E-state index in [-0.39, 0.29) is 11.3 Å². The van der Waals surface area contributed by atoms with Crippen molar-refractivity contribution in [3.63, 3.8) is 0 Å². The minimum Gasteiger partial charge on any atom is -0.363 e. The minimum absolute atomic E-state index is 0.0110. The molecule has 1 unspecified atom stereocenters. The van der Waals surface area contributed by atoms with Crippen LogP contribution >= 0.6 is 0 Å². The fraction of sp³-hybridized carbons (Fsp3) is 0.381. The number of carbonyl (C=O) groups is 1. The summed E-state index contributed by atoms with van der Waals surface area (Å²) in [5.74, 6) is 0.817. The third-order valence-corrected chi connectivity index (χ3v) is 4.96. The van der Waals surface area contributed by atoms with Gasteiger partial charge in [0, 0.05) is 29.4 Å². The smallest absolute Gasteiger partial charge is 0.243 e. The Morgan fingerprint density at radius 1 is 1.30 bits per heavy atom. The molecule has 0 bridgehead atoms. The monoisotopic (exact) mass is 366 g/mol. The number of para-hydroxylation sites is 2. The van der Waals surface area contributed by atoms with Crippen molar-refractivity contribution >= 4 is 16.9 Å². The first kappa shape index (κ1) is 18.9. The molecule has 0 saturated carbocycles. The molecule has 6 nitrogen and oxygen atoms in total. The molecule has 3 rings (SSSR count). The second kappa shape index (κ2) is 7.78. The SMILES string of the molecule is CCCc1nc2ccccc2n1C(C)C(=O)NCc1[nH]cc(C)c(=O)c1C. The Balaban J connectivity index is 1.84. The first-order valence-corrected chi connectivity index (χ1v) is 9.35. The van der Waals surface area contributed by atoms with E-state index in [1.807, 2.05) is 35.8 Å². The summed E-state index contributed by atoms with van der Waals surface area (Å²) in [6.07, 6.45) is 3.46. The Morgan fingerprint density at radius 2 is 2.04 bits per heavy atom. The third kappa shape index (κ3) is 3.65. The number of aryl methyl sites for hydroxylation is 2. The van der Waals surface area contributed by atoms with Crippen LogP contribution in [0.25, 0.3) is 11.0 Å². The number of aromatic amines is 1. The van der Waals surface area contributed by atoms with Gasteiger partial charge in [-0.15, -0.1) is 0 Å². The van der Waals surface area contributed by atoms with Gasteiger partial charge in [-0.05, 0) is 39.3 Å². The molecule has 27 heavy (non-hydrogen) atoms. The van der Waals surface area contributed by atoms with E-state index in [1.165, 1.54) is 0 Å². The van der Waals surface area contributed by atoms with Crippen LogP contribution in [0.4, 0.5) is 0 Å². The predicted molar refractivity (Wildman–Crippen MR) is 107 cm³/mol. The summed E-state index contributed by atoms with van der Waals surface area (Å²) in [5.41, 5.74) is 3.92. The number of H-pyrrole nitrogens is 1. The summed E-state index contributed by atoms with van der Waals surface area (Å²) in [6.45, 7) is 7.83. The van der Waals surface area contributed by atoms with Gasteiger partial charge in [0.1, 0.15) is 11.9 Å². The predicted octanol–water partition coefficient (Wildman–Crippen LogP) is 3.17. The van der Waals surface area contributed by atoms with Crippen molar-refractivity contribution in [2.75, 3.05) is 0 Å². The maximum atomic E-state index is 12.8. The number of hydrogen-bond acceptors (Lipinski definition) is 3. The molecular formula is C21H26N4O2. The van der Waals surface area contributed by atoms with Gasteiger partial charge in [-0.3, -0.25) is 9.59 Å². The molecule has 0 radical (unpaired) electrons. The molecule has 142 valence electrons. The van der Waals surface area contributed by atoms with Gasteiger partial charge in [0.2, 0.25) is 5.91 Å². The van der Waals surface area contributed by atoms with E-state index in [9.17, 15) is 9.59 Å². The van der Waals surface area contributed by atoms with Crippen LogP contribution in [0.5, 0.6) is 0 Å². The number of aromatic nitrogens is 3. The largest absolute Gasteiger partial charge is 0.363 e. The van der Waals surface area contributed by atoms with Crippen molar-refractivity contribution in [1.82, 2.24) is 19.9 Å². The highest BCUT2D eigenvalue weighted by Gasteiger charge is 2.21. The van der Waals surface area contributed by atoms with Gasteiger partial charge in [0.05, 0.1) is 17.6 Å². The third-order valence-electron chi connectivity index (χ3n) is 4.96. The van der Waals surface area contributed by atoms with E-state index in [2.05, 4.69) is 17.2 Å². The van der Waals surface area contributed by atoms with Crippen LogP contribution in [0.2, 0.25) is 0 Å². The molecule has 1 amide bonds. The first-order chi connectivity index (χ1) is 12.9. The number of pyridine rings is 1. The molecular weight excluding hydrogens is 340 g/mol. The average Bonchev–Trinajstić information content (AvgIpc) is 3.03. The van der Waals surface area contributed by atoms with Crippen molar-refractivity contribution in [2.45, 2.75) is 53.1 Å². The van der Waals surface area contributed by atoms with Crippen molar-refractivity contribution in [2.24, 2.45) is 0 Å². The van der Waals surface area contributed by atoms with Crippen LogP contribution in [-0.2, 0) is 17.8 Å². The molecule has 0 spiro atoms. The maximum absolute atomic E-state index is 12.8. The Bertz CT molecular complexity index is 1030. The van der Waals surface area contributed by atoms with Gasteiger partial charge < -0.3 is 14.9 Å². The topological polar surface area (TPSA) is 79.8 Å². The zero-order chi connectivity index (χ0) is 19.6. The molecule has 3 aromatic rings. The summed E-state index contributed by atoms with van der Waals surface area (Å²) < 4.78 is 2.01. The molecule has 6 heteroatoms. The van der Waals surface area contributed by atoms with Crippen LogP contribution < -0.4 is 10.7 Å². The van der Waals surface area contributed by atoms with E-state index in [4.69, 9.17) is 4.98 Å². The molecule has 0 fully saturated rings. The van der Waals surface area contributed by atoms with E-state index < -0.39 is 6.04 Å². The summed E-state index contributed by atoms with van der Waals surface area (Å²) in [4.78, 5) is 32.7. The Labute approximate surface area is 158 Å². The Morgan fingerprint density at radius 3 is 2.78 bits per heavy atom. The van der Waals surface area contributed by atoms with Crippen molar-refractivity contribution in [3.8, 4) is 0 Å². The van der Waals surface area contributed by atoms with Crippen LogP contribution in [-0.4, -0.2) is 20.4 Å².